The summed E-state index contributed by atoms with van der Waals surface area (Å²) < 4.78 is 18.1. The zero-order valence-corrected chi connectivity index (χ0v) is 14.3. The molecular weight excluding hydrogens is 329 g/mol. The molecule has 0 bridgehead atoms. The van der Waals surface area contributed by atoms with Gasteiger partial charge in [-0.15, -0.1) is 11.3 Å². The molecule has 1 heterocycles. The Bertz CT molecular complexity index is 655. The van der Waals surface area contributed by atoms with Crippen LogP contribution in [0, 0.1) is 5.82 Å². The lowest BCUT2D eigenvalue weighted by atomic mass is 10.1. The normalized spacial score (nSPS) is 11.8. The molecule has 0 aliphatic carbocycles. The first-order valence-electron chi connectivity index (χ1n) is 7.84. The summed E-state index contributed by atoms with van der Waals surface area (Å²) in [5.74, 6) is -1.09. The van der Waals surface area contributed by atoms with Gasteiger partial charge in [-0.25, -0.2) is 4.39 Å². The summed E-state index contributed by atoms with van der Waals surface area (Å²) >= 11 is 1.49. The maximum Gasteiger partial charge on any atom is 0.306 e. The highest BCUT2D eigenvalue weighted by atomic mass is 32.1. The molecule has 1 amide bonds. The van der Waals surface area contributed by atoms with Gasteiger partial charge >= 0.3 is 5.97 Å². The molecule has 0 aliphatic heterocycles. The first-order valence-corrected chi connectivity index (χ1v) is 8.72. The Morgan fingerprint density at radius 2 is 2.00 bits per heavy atom. The molecule has 0 aliphatic rings. The minimum absolute atomic E-state index is 0.314. The lowest BCUT2D eigenvalue weighted by Crippen LogP contribution is -2.32. The number of thiophene rings is 1. The molecule has 0 saturated carbocycles. The van der Waals surface area contributed by atoms with Gasteiger partial charge in [-0.1, -0.05) is 31.5 Å². The van der Waals surface area contributed by atoms with E-state index in [1.165, 1.54) is 23.5 Å². The predicted molar refractivity (Wildman–Crippen MR) is 91.2 cm³/mol. The molecule has 1 atom stereocenters. The van der Waals surface area contributed by atoms with Crippen LogP contribution in [0.2, 0.25) is 0 Å². The molecule has 0 unspecified atom stereocenters. The number of rotatable bonds is 8. The van der Waals surface area contributed by atoms with Crippen LogP contribution in [0.25, 0.3) is 0 Å². The quantitative estimate of drug-likeness (QED) is 0.737. The van der Waals surface area contributed by atoms with E-state index < -0.39 is 6.04 Å². The van der Waals surface area contributed by atoms with E-state index in [9.17, 15) is 14.0 Å². The van der Waals surface area contributed by atoms with E-state index in [0.717, 1.165) is 23.3 Å². The second kappa shape index (κ2) is 9.17. The number of unbranched alkanes of at least 4 members (excludes halogenated alkanes) is 1. The zero-order chi connectivity index (χ0) is 17.4. The van der Waals surface area contributed by atoms with E-state index in [2.05, 4.69) is 5.32 Å². The Hall–Kier alpha value is -2.21. The van der Waals surface area contributed by atoms with Crippen molar-refractivity contribution in [3.05, 3.63) is 58.0 Å². The molecule has 1 aromatic heterocycles. The maximum atomic E-state index is 13.1. The van der Waals surface area contributed by atoms with Crippen molar-refractivity contribution in [3.8, 4) is 0 Å². The summed E-state index contributed by atoms with van der Waals surface area (Å²) in [5.41, 5.74) is 0.768. The molecular formula is C18H20FNO3S. The molecule has 2 rings (SSSR count). The van der Waals surface area contributed by atoms with Gasteiger partial charge in [0.2, 0.25) is 0 Å². The van der Waals surface area contributed by atoms with Gasteiger partial charge in [0, 0.05) is 11.3 Å². The molecule has 128 valence electrons. The first kappa shape index (κ1) is 18.1. The van der Waals surface area contributed by atoms with Crippen LogP contribution in [0.15, 0.2) is 41.8 Å². The third-order valence-electron chi connectivity index (χ3n) is 3.44. The van der Waals surface area contributed by atoms with Gasteiger partial charge in [0.15, 0.2) is 6.61 Å². The number of nitrogens with one attached hydrogen (secondary N) is 1. The fraction of sp³-hybridized carbons (Fsp3) is 0.333. The Morgan fingerprint density at radius 3 is 2.62 bits per heavy atom. The monoisotopic (exact) mass is 349 g/mol. The lowest BCUT2D eigenvalue weighted by molar-refractivity contribution is -0.148. The van der Waals surface area contributed by atoms with E-state index in [0.29, 0.717) is 6.42 Å². The Morgan fingerprint density at radius 1 is 1.25 bits per heavy atom. The molecule has 0 radical (unpaired) electrons. The van der Waals surface area contributed by atoms with E-state index in [1.807, 2.05) is 24.4 Å². The maximum absolute atomic E-state index is 13.1. The van der Waals surface area contributed by atoms with Crippen molar-refractivity contribution in [1.82, 2.24) is 5.32 Å². The first-order chi connectivity index (χ1) is 11.6. The van der Waals surface area contributed by atoms with E-state index >= 15 is 0 Å². The number of carbonyl (C=O) groups is 2. The lowest BCUT2D eigenvalue weighted by Gasteiger charge is -2.18. The third kappa shape index (κ3) is 5.45. The van der Waals surface area contributed by atoms with Crippen LogP contribution < -0.4 is 5.32 Å². The van der Waals surface area contributed by atoms with Crippen LogP contribution >= 0.6 is 11.3 Å². The SMILES string of the molecule is CCCCC(=O)OCC(=O)N[C@@H](c1ccc(F)cc1)c1cccs1. The van der Waals surface area contributed by atoms with Gasteiger partial charge in [0.25, 0.3) is 5.91 Å². The molecule has 0 spiro atoms. The number of hydrogen-bond acceptors (Lipinski definition) is 4. The van der Waals surface area contributed by atoms with Crippen molar-refractivity contribution in [2.75, 3.05) is 6.61 Å². The largest absolute Gasteiger partial charge is 0.456 e. The van der Waals surface area contributed by atoms with Crippen molar-refractivity contribution >= 4 is 23.2 Å². The summed E-state index contributed by atoms with van der Waals surface area (Å²) in [6.45, 7) is 1.67. The molecule has 24 heavy (non-hydrogen) atoms. The van der Waals surface area contributed by atoms with Crippen molar-refractivity contribution in [2.24, 2.45) is 0 Å². The van der Waals surface area contributed by atoms with Crippen LogP contribution in [-0.4, -0.2) is 18.5 Å². The van der Waals surface area contributed by atoms with E-state index in [1.54, 1.807) is 12.1 Å². The predicted octanol–water partition coefficient (Wildman–Crippen LogP) is 3.83. The van der Waals surface area contributed by atoms with Crippen LogP contribution in [0.5, 0.6) is 0 Å². The summed E-state index contributed by atoms with van der Waals surface area (Å²) in [6, 6.07) is 9.35. The number of halogens is 1. The summed E-state index contributed by atoms with van der Waals surface area (Å²) in [6.07, 6.45) is 1.95. The number of benzene rings is 1. The minimum atomic E-state index is -0.396. The van der Waals surface area contributed by atoms with Crippen molar-refractivity contribution in [3.63, 3.8) is 0 Å². The van der Waals surface area contributed by atoms with Crippen molar-refractivity contribution < 1.29 is 18.7 Å². The van der Waals surface area contributed by atoms with E-state index in [4.69, 9.17) is 4.74 Å². The van der Waals surface area contributed by atoms with Gasteiger partial charge in [-0.3, -0.25) is 9.59 Å². The number of ether oxygens (including phenoxy) is 1. The van der Waals surface area contributed by atoms with Crippen molar-refractivity contribution in [2.45, 2.75) is 32.2 Å². The van der Waals surface area contributed by atoms with Gasteiger partial charge < -0.3 is 10.1 Å². The molecule has 6 heteroatoms. The number of hydrogen-bond donors (Lipinski definition) is 1. The molecule has 0 saturated heterocycles. The second-order valence-electron chi connectivity index (χ2n) is 5.33. The molecule has 4 nitrogen and oxygen atoms in total. The topological polar surface area (TPSA) is 55.4 Å². The Kier molecular flexibility index (Phi) is 6.93. The number of amides is 1. The van der Waals surface area contributed by atoms with Gasteiger partial charge in [0.1, 0.15) is 5.82 Å². The average molecular weight is 349 g/mol. The second-order valence-corrected chi connectivity index (χ2v) is 6.31. The average Bonchev–Trinajstić information content (AvgIpc) is 3.11. The van der Waals surface area contributed by atoms with Crippen LogP contribution in [0.3, 0.4) is 0 Å². The highest BCUT2D eigenvalue weighted by Gasteiger charge is 2.18. The van der Waals surface area contributed by atoms with Gasteiger partial charge in [0.05, 0.1) is 6.04 Å². The van der Waals surface area contributed by atoms with Gasteiger partial charge in [-0.05, 0) is 35.6 Å². The molecule has 0 fully saturated rings. The zero-order valence-electron chi connectivity index (χ0n) is 13.5. The highest BCUT2D eigenvalue weighted by Crippen LogP contribution is 2.26. The van der Waals surface area contributed by atoms with Gasteiger partial charge in [-0.2, -0.15) is 0 Å². The van der Waals surface area contributed by atoms with Crippen LogP contribution in [0.1, 0.15) is 42.7 Å². The third-order valence-corrected chi connectivity index (χ3v) is 4.37. The smallest absolute Gasteiger partial charge is 0.306 e. The van der Waals surface area contributed by atoms with E-state index in [-0.39, 0.29) is 24.3 Å². The Balaban J connectivity index is 2.00. The summed E-state index contributed by atoms with van der Waals surface area (Å²) in [5, 5.41) is 4.74. The fourth-order valence-corrected chi connectivity index (χ4v) is 2.97. The standard InChI is InChI=1S/C18H20FNO3S/c1-2-3-6-17(22)23-12-16(21)20-18(15-5-4-11-24-15)13-7-9-14(19)10-8-13/h4-5,7-11,18H,2-3,6,12H2,1H3,(H,20,21)/t18-/m0/s1. The molecule has 1 aromatic carbocycles. The summed E-state index contributed by atoms with van der Waals surface area (Å²) in [7, 11) is 0. The number of carbonyl (C=O) groups excluding carboxylic acids is 2. The van der Waals surface area contributed by atoms with Crippen molar-refractivity contribution in [1.29, 1.82) is 0 Å². The van der Waals surface area contributed by atoms with Crippen LogP contribution in [0.4, 0.5) is 4.39 Å². The highest BCUT2D eigenvalue weighted by molar-refractivity contribution is 7.10. The molecule has 2 aromatic rings. The molecule has 1 N–H and O–H groups in total. The van der Waals surface area contributed by atoms with Crippen LogP contribution in [-0.2, 0) is 14.3 Å². The minimum Gasteiger partial charge on any atom is -0.456 e. The summed E-state index contributed by atoms with van der Waals surface area (Å²) in [4.78, 5) is 24.5. The Labute approximate surface area is 144 Å². The fourth-order valence-electron chi connectivity index (χ4n) is 2.17. The number of esters is 1.